The van der Waals surface area contributed by atoms with Crippen molar-refractivity contribution in [3.05, 3.63) is 53.9 Å². The number of benzene rings is 1. The van der Waals surface area contributed by atoms with Gasteiger partial charge in [0.2, 0.25) is 11.6 Å². The Hall–Kier alpha value is -1.83. The predicted octanol–water partition coefficient (Wildman–Crippen LogP) is 2.39. The molecule has 0 bridgehead atoms. The van der Waals surface area contributed by atoms with Gasteiger partial charge in [0, 0.05) is 12.1 Å². The van der Waals surface area contributed by atoms with E-state index in [2.05, 4.69) is 23.7 Å². The number of carbonyl (C=O) groups is 1. The lowest BCUT2D eigenvalue weighted by molar-refractivity contribution is -0.701. The SMILES string of the molecule is CCCCCCCCCCOc1ccc(CC(=O)NCc2cccc[n+]2CC)cc1OC.[I-]. The number of nitrogens with one attached hydrogen (secondary N) is 1. The first-order valence-corrected chi connectivity index (χ1v) is 12.2. The Morgan fingerprint density at radius 1 is 0.939 bits per heavy atom. The van der Waals surface area contributed by atoms with E-state index in [-0.39, 0.29) is 29.9 Å². The number of aromatic nitrogens is 1. The number of pyridine rings is 1. The van der Waals surface area contributed by atoms with Crippen molar-refractivity contribution in [2.24, 2.45) is 0 Å². The molecule has 33 heavy (non-hydrogen) atoms. The minimum absolute atomic E-state index is 0. The van der Waals surface area contributed by atoms with Crippen molar-refractivity contribution >= 4 is 5.91 Å². The monoisotopic (exact) mass is 568 g/mol. The van der Waals surface area contributed by atoms with Crippen LogP contribution < -0.4 is 43.3 Å². The summed E-state index contributed by atoms with van der Waals surface area (Å²) in [6, 6.07) is 11.8. The van der Waals surface area contributed by atoms with Crippen molar-refractivity contribution in [3.8, 4) is 11.5 Å². The fourth-order valence-corrected chi connectivity index (χ4v) is 3.78. The molecule has 1 heterocycles. The van der Waals surface area contributed by atoms with E-state index in [4.69, 9.17) is 9.47 Å². The summed E-state index contributed by atoms with van der Waals surface area (Å²) in [5.41, 5.74) is 2.00. The average Bonchev–Trinajstić information content (AvgIpc) is 2.82. The van der Waals surface area contributed by atoms with Crippen molar-refractivity contribution in [1.29, 1.82) is 0 Å². The zero-order chi connectivity index (χ0) is 23.0. The van der Waals surface area contributed by atoms with E-state index in [1.807, 2.05) is 42.6 Å². The number of nitrogens with zero attached hydrogens (tertiary/aromatic N) is 1. The predicted molar refractivity (Wildman–Crippen MR) is 129 cm³/mol. The van der Waals surface area contributed by atoms with Crippen LogP contribution >= 0.6 is 0 Å². The molecule has 0 spiro atoms. The van der Waals surface area contributed by atoms with Gasteiger partial charge in [-0.1, -0.05) is 64.0 Å². The van der Waals surface area contributed by atoms with Gasteiger partial charge in [-0.05, 0) is 31.0 Å². The maximum absolute atomic E-state index is 12.4. The fourth-order valence-electron chi connectivity index (χ4n) is 3.78. The second-order valence-electron chi connectivity index (χ2n) is 8.24. The highest BCUT2D eigenvalue weighted by Crippen LogP contribution is 2.28. The Morgan fingerprint density at radius 3 is 2.36 bits per heavy atom. The van der Waals surface area contributed by atoms with Crippen molar-refractivity contribution in [3.63, 3.8) is 0 Å². The van der Waals surface area contributed by atoms with Crippen LogP contribution in [0.5, 0.6) is 11.5 Å². The van der Waals surface area contributed by atoms with E-state index in [9.17, 15) is 4.79 Å². The van der Waals surface area contributed by atoms with Crippen molar-refractivity contribution in [2.45, 2.75) is 84.7 Å². The van der Waals surface area contributed by atoms with E-state index in [1.165, 1.54) is 44.9 Å². The normalized spacial score (nSPS) is 10.4. The van der Waals surface area contributed by atoms with Crippen LogP contribution in [0.4, 0.5) is 0 Å². The lowest BCUT2D eigenvalue weighted by atomic mass is 10.1. The van der Waals surface area contributed by atoms with Crippen LogP contribution in [-0.2, 0) is 24.3 Å². The molecule has 0 atom stereocenters. The number of amides is 1. The van der Waals surface area contributed by atoms with Crippen LogP contribution in [0.1, 0.15) is 76.5 Å². The summed E-state index contributed by atoms with van der Waals surface area (Å²) in [5, 5.41) is 3.01. The van der Waals surface area contributed by atoms with Gasteiger partial charge in [0.05, 0.1) is 20.1 Å². The highest BCUT2D eigenvalue weighted by molar-refractivity contribution is 5.78. The molecule has 1 amide bonds. The molecular weight excluding hydrogens is 527 g/mol. The lowest BCUT2D eigenvalue weighted by Crippen LogP contribution is -3.00. The molecule has 0 fully saturated rings. The van der Waals surface area contributed by atoms with E-state index in [0.717, 1.165) is 30.0 Å². The number of hydrogen-bond donors (Lipinski definition) is 1. The van der Waals surface area contributed by atoms with Gasteiger partial charge in [0.15, 0.2) is 17.7 Å². The van der Waals surface area contributed by atoms with Crippen LogP contribution in [0.2, 0.25) is 0 Å². The molecule has 0 aliphatic heterocycles. The maximum Gasteiger partial charge on any atom is 0.224 e. The van der Waals surface area contributed by atoms with Crippen LogP contribution in [0.3, 0.4) is 0 Å². The number of aryl methyl sites for hydroxylation is 1. The van der Waals surface area contributed by atoms with Crippen LogP contribution in [0.15, 0.2) is 42.6 Å². The molecule has 0 aliphatic rings. The Labute approximate surface area is 217 Å². The first-order chi connectivity index (χ1) is 15.7. The smallest absolute Gasteiger partial charge is 0.224 e. The molecule has 6 heteroatoms. The lowest BCUT2D eigenvalue weighted by Gasteiger charge is -2.12. The first-order valence-electron chi connectivity index (χ1n) is 12.2. The summed E-state index contributed by atoms with van der Waals surface area (Å²) in [6.45, 7) is 6.43. The highest BCUT2D eigenvalue weighted by Gasteiger charge is 2.12. The van der Waals surface area contributed by atoms with Gasteiger partial charge in [0.1, 0.15) is 13.1 Å². The average molecular weight is 569 g/mol. The minimum Gasteiger partial charge on any atom is -1.00 e. The third-order valence-electron chi connectivity index (χ3n) is 5.69. The van der Waals surface area contributed by atoms with E-state index < -0.39 is 0 Å². The standard InChI is InChI=1S/C27H40N2O3.HI/c1-4-6-7-8-9-10-11-14-19-32-25-17-16-23(20-26(25)31-3)21-27(30)28-22-24-15-12-13-18-29(24)5-2;/h12-13,15-18,20H,4-11,14,19,21-22H2,1-3H3;1H. The van der Waals surface area contributed by atoms with Crippen LogP contribution in [-0.4, -0.2) is 19.6 Å². The molecular formula is C27H41IN2O3. The number of halogens is 1. The number of hydrogen-bond acceptors (Lipinski definition) is 3. The van der Waals surface area contributed by atoms with Crippen molar-refractivity contribution in [1.82, 2.24) is 5.32 Å². The third kappa shape index (κ3) is 11.2. The largest absolute Gasteiger partial charge is 1.00 e. The zero-order valence-corrected chi connectivity index (χ0v) is 22.7. The van der Waals surface area contributed by atoms with Gasteiger partial charge >= 0.3 is 0 Å². The van der Waals surface area contributed by atoms with Gasteiger partial charge in [-0.3, -0.25) is 4.79 Å². The Bertz CT molecular complexity index is 814. The first kappa shape index (κ1) is 29.2. The molecule has 0 aliphatic carbocycles. The molecule has 1 aromatic heterocycles. The van der Waals surface area contributed by atoms with Gasteiger partial charge in [0.25, 0.3) is 0 Å². The Balaban J connectivity index is 0.00000544. The molecule has 2 aromatic rings. The molecule has 184 valence electrons. The summed E-state index contributed by atoms with van der Waals surface area (Å²) < 4.78 is 13.6. The van der Waals surface area contributed by atoms with Gasteiger partial charge in [-0.2, -0.15) is 0 Å². The fraction of sp³-hybridized carbons (Fsp3) is 0.556. The quantitative estimate of drug-likeness (QED) is 0.192. The number of carbonyl (C=O) groups excluding carboxylic acids is 1. The number of methoxy groups -OCH3 is 1. The van der Waals surface area contributed by atoms with Crippen molar-refractivity contribution < 1.29 is 42.8 Å². The van der Waals surface area contributed by atoms with E-state index >= 15 is 0 Å². The summed E-state index contributed by atoms with van der Waals surface area (Å²) >= 11 is 0. The minimum atomic E-state index is -0.00818. The Kier molecular flexibility index (Phi) is 15.6. The molecule has 0 saturated heterocycles. The number of ether oxygens (including phenoxy) is 2. The number of unbranched alkanes of at least 4 members (excludes halogenated alkanes) is 7. The maximum atomic E-state index is 12.4. The summed E-state index contributed by atoms with van der Waals surface area (Å²) in [6.07, 6.45) is 12.6. The van der Waals surface area contributed by atoms with Crippen LogP contribution in [0.25, 0.3) is 0 Å². The van der Waals surface area contributed by atoms with Gasteiger partial charge < -0.3 is 38.8 Å². The molecule has 1 N–H and O–H groups in total. The number of rotatable bonds is 16. The summed E-state index contributed by atoms with van der Waals surface area (Å²) in [7, 11) is 1.64. The highest BCUT2D eigenvalue weighted by atomic mass is 127. The van der Waals surface area contributed by atoms with E-state index in [1.54, 1.807) is 7.11 Å². The molecule has 0 radical (unpaired) electrons. The van der Waals surface area contributed by atoms with Crippen LogP contribution in [0, 0.1) is 0 Å². The van der Waals surface area contributed by atoms with Crippen molar-refractivity contribution in [2.75, 3.05) is 13.7 Å². The third-order valence-corrected chi connectivity index (χ3v) is 5.69. The topological polar surface area (TPSA) is 51.4 Å². The van der Waals surface area contributed by atoms with E-state index in [0.29, 0.717) is 25.3 Å². The molecule has 0 saturated carbocycles. The second-order valence-corrected chi connectivity index (χ2v) is 8.24. The molecule has 1 aromatic carbocycles. The Morgan fingerprint density at radius 2 is 1.67 bits per heavy atom. The summed E-state index contributed by atoms with van der Waals surface area (Å²) in [5.74, 6) is 1.42. The van der Waals surface area contributed by atoms with Gasteiger partial charge in [-0.15, -0.1) is 0 Å². The second kappa shape index (κ2) is 17.6. The molecule has 5 nitrogen and oxygen atoms in total. The van der Waals surface area contributed by atoms with Gasteiger partial charge in [-0.25, -0.2) is 4.57 Å². The molecule has 2 rings (SSSR count). The zero-order valence-electron chi connectivity index (χ0n) is 20.6. The molecule has 0 unspecified atom stereocenters. The summed E-state index contributed by atoms with van der Waals surface area (Å²) in [4.78, 5) is 12.4.